The lowest BCUT2D eigenvalue weighted by molar-refractivity contribution is -0.142. The molecule has 15 heavy (non-hydrogen) atoms. The van der Waals surface area contributed by atoms with E-state index in [0.717, 1.165) is 0 Å². The fourth-order valence-corrected chi connectivity index (χ4v) is 1.43. The van der Waals surface area contributed by atoms with Crippen molar-refractivity contribution < 1.29 is 13.9 Å². The predicted molar refractivity (Wildman–Crippen MR) is 56.8 cm³/mol. The highest BCUT2D eigenvalue weighted by atomic mass is 35.5. The number of ether oxygens (including phenoxy) is 1. The van der Waals surface area contributed by atoms with Crippen molar-refractivity contribution >= 4 is 29.2 Å². The van der Waals surface area contributed by atoms with E-state index >= 15 is 0 Å². The minimum atomic E-state index is -0.636. The van der Waals surface area contributed by atoms with Crippen LogP contribution in [-0.4, -0.2) is 12.6 Å². The maximum absolute atomic E-state index is 13.1. The number of halogens is 3. The summed E-state index contributed by atoms with van der Waals surface area (Å²) in [7, 11) is 0. The number of hydrogen-bond acceptors (Lipinski definition) is 2. The molecule has 0 unspecified atom stereocenters. The van der Waals surface area contributed by atoms with Crippen LogP contribution in [0.1, 0.15) is 12.5 Å². The molecule has 0 saturated heterocycles. The molecule has 5 heteroatoms. The highest BCUT2D eigenvalue weighted by Gasteiger charge is 2.10. The quantitative estimate of drug-likeness (QED) is 0.608. The summed E-state index contributed by atoms with van der Waals surface area (Å²) in [6.45, 7) is 2.00. The third kappa shape index (κ3) is 3.36. The summed E-state index contributed by atoms with van der Waals surface area (Å²) >= 11 is 11.2. The largest absolute Gasteiger partial charge is 0.466 e. The van der Waals surface area contributed by atoms with E-state index in [1.54, 1.807) is 6.92 Å². The molecule has 0 atom stereocenters. The monoisotopic (exact) mass is 250 g/mol. The zero-order chi connectivity index (χ0) is 11.4. The maximum Gasteiger partial charge on any atom is 0.310 e. The second kappa shape index (κ2) is 5.33. The lowest BCUT2D eigenvalue weighted by Gasteiger charge is -2.04. The van der Waals surface area contributed by atoms with Crippen LogP contribution >= 0.6 is 23.2 Å². The van der Waals surface area contributed by atoms with Gasteiger partial charge in [-0.25, -0.2) is 4.39 Å². The molecule has 0 aromatic heterocycles. The summed E-state index contributed by atoms with van der Waals surface area (Å²) in [4.78, 5) is 11.1. The van der Waals surface area contributed by atoms with Gasteiger partial charge in [-0.1, -0.05) is 23.2 Å². The topological polar surface area (TPSA) is 26.3 Å². The summed E-state index contributed by atoms with van der Waals surface area (Å²) < 4.78 is 17.8. The fraction of sp³-hybridized carbons (Fsp3) is 0.300. The van der Waals surface area contributed by atoms with Gasteiger partial charge in [0.1, 0.15) is 5.82 Å². The van der Waals surface area contributed by atoms with Crippen LogP contribution in [0.3, 0.4) is 0 Å². The first-order valence-corrected chi connectivity index (χ1v) is 5.09. The normalized spacial score (nSPS) is 10.1. The minimum Gasteiger partial charge on any atom is -0.466 e. The third-order valence-corrected chi connectivity index (χ3v) is 2.48. The Labute approximate surface area is 96.9 Å². The zero-order valence-corrected chi connectivity index (χ0v) is 9.53. The molecule has 0 bridgehead atoms. The molecule has 2 nitrogen and oxygen atoms in total. The number of rotatable bonds is 3. The van der Waals surface area contributed by atoms with Crippen LogP contribution in [0.15, 0.2) is 12.1 Å². The van der Waals surface area contributed by atoms with Crippen molar-refractivity contribution in [1.82, 2.24) is 0 Å². The molecule has 0 amide bonds. The van der Waals surface area contributed by atoms with Gasteiger partial charge in [-0.3, -0.25) is 4.79 Å². The van der Waals surface area contributed by atoms with E-state index in [1.165, 1.54) is 12.1 Å². The van der Waals surface area contributed by atoms with Gasteiger partial charge in [0, 0.05) is 0 Å². The van der Waals surface area contributed by atoms with Crippen molar-refractivity contribution in [3.8, 4) is 0 Å². The van der Waals surface area contributed by atoms with Crippen molar-refractivity contribution in [2.45, 2.75) is 13.3 Å². The van der Waals surface area contributed by atoms with E-state index in [1.807, 2.05) is 0 Å². The van der Waals surface area contributed by atoms with Crippen molar-refractivity contribution in [2.24, 2.45) is 0 Å². The second-order valence-corrected chi connectivity index (χ2v) is 3.64. The average molecular weight is 251 g/mol. The molecular formula is C10H9Cl2FO2. The van der Waals surface area contributed by atoms with E-state index in [-0.39, 0.29) is 16.5 Å². The van der Waals surface area contributed by atoms with Gasteiger partial charge in [0.25, 0.3) is 0 Å². The number of carbonyl (C=O) groups excluding carboxylic acids is 1. The van der Waals surface area contributed by atoms with Crippen LogP contribution in [-0.2, 0) is 16.0 Å². The molecule has 0 aliphatic heterocycles. The Kier molecular flexibility index (Phi) is 4.36. The second-order valence-electron chi connectivity index (χ2n) is 2.86. The fourth-order valence-electron chi connectivity index (χ4n) is 1.09. The van der Waals surface area contributed by atoms with Crippen molar-refractivity contribution in [3.05, 3.63) is 33.6 Å². The van der Waals surface area contributed by atoms with E-state index in [2.05, 4.69) is 0 Å². The lowest BCUT2D eigenvalue weighted by Crippen LogP contribution is -2.07. The smallest absolute Gasteiger partial charge is 0.310 e. The van der Waals surface area contributed by atoms with E-state index in [9.17, 15) is 9.18 Å². The van der Waals surface area contributed by atoms with Gasteiger partial charge in [-0.2, -0.15) is 0 Å². The average Bonchev–Trinajstić information content (AvgIpc) is 2.14. The standard InChI is InChI=1S/C10H9Cl2FO2/c1-2-15-9(14)5-6-3-7(11)10(12)8(13)4-6/h3-4H,2,5H2,1H3. The Morgan fingerprint density at radius 3 is 2.67 bits per heavy atom. The Hall–Kier alpha value is -0.800. The number of esters is 1. The number of carbonyl (C=O) groups is 1. The molecule has 1 aromatic rings. The molecular weight excluding hydrogens is 242 g/mol. The summed E-state index contributed by atoms with van der Waals surface area (Å²) in [6, 6.07) is 2.62. The van der Waals surface area contributed by atoms with Gasteiger partial charge in [0.05, 0.1) is 23.1 Å². The van der Waals surface area contributed by atoms with E-state index in [4.69, 9.17) is 27.9 Å². The summed E-state index contributed by atoms with van der Waals surface area (Å²) in [5.74, 6) is -1.06. The molecule has 0 fully saturated rings. The molecule has 0 saturated carbocycles. The van der Waals surface area contributed by atoms with Crippen molar-refractivity contribution in [3.63, 3.8) is 0 Å². The van der Waals surface area contributed by atoms with Crippen molar-refractivity contribution in [1.29, 1.82) is 0 Å². The highest BCUT2D eigenvalue weighted by molar-refractivity contribution is 6.42. The van der Waals surface area contributed by atoms with Gasteiger partial charge in [-0.05, 0) is 24.6 Å². The van der Waals surface area contributed by atoms with Crippen LogP contribution < -0.4 is 0 Å². The molecule has 0 aliphatic carbocycles. The Balaban J connectivity index is 2.83. The van der Waals surface area contributed by atoms with Gasteiger partial charge in [-0.15, -0.1) is 0 Å². The number of hydrogen-bond donors (Lipinski definition) is 0. The van der Waals surface area contributed by atoms with Crippen LogP contribution in [0, 0.1) is 5.82 Å². The van der Waals surface area contributed by atoms with Crippen LogP contribution in [0.25, 0.3) is 0 Å². The lowest BCUT2D eigenvalue weighted by atomic mass is 10.1. The highest BCUT2D eigenvalue weighted by Crippen LogP contribution is 2.26. The van der Waals surface area contributed by atoms with Gasteiger partial charge in [0.2, 0.25) is 0 Å². The first-order chi connectivity index (χ1) is 7.04. The van der Waals surface area contributed by atoms with Crippen molar-refractivity contribution in [2.75, 3.05) is 6.61 Å². The molecule has 1 aromatic carbocycles. The SMILES string of the molecule is CCOC(=O)Cc1cc(F)c(Cl)c(Cl)c1. The van der Waals surface area contributed by atoms with Gasteiger partial charge >= 0.3 is 5.97 Å². The van der Waals surface area contributed by atoms with E-state index in [0.29, 0.717) is 12.2 Å². The minimum absolute atomic E-state index is 0.0123. The first-order valence-electron chi connectivity index (χ1n) is 4.33. The molecule has 82 valence electrons. The first kappa shape index (κ1) is 12.3. The Morgan fingerprint density at radius 1 is 1.47 bits per heavy atom. The summed E-state index contributed by atoms with van der Waals surface area (Å²) in [6.07, 6.45) is -0.0123. The molecule has 0 N–H and O–H groups in total. The van der Waals surface area contributed by atoms with E-state index < -0.39 is 11.8 Å². The third-order valence-electron chi connectivity index (χ3n) is 1.70. The summed E-state index contributed by atoms with van der Waals surface area (Å²) in [5.41, 5.74) is 0.445. The van der Waals surface area contributed by atoms with Gasteiger partial charge in [0.15, 0.2) is 0 Å². The molecule has 0 radical (unpaired) electrons. The maximum atomic E-state index is 13.1. The molecule has 0 spiro atoms. The Morgan fingerprint density at radius 2 is 2.13 bits per heavy atom. The predicted octanol–water partition coefficient (Wildman–Crippen LogP) is 3.24. The van der Waals surface area contributed by atoms with Crippen LogP contribution in [0.2, 0.25) is 10.0 Å². The number of benzene rings is 1. The van der Waals surface area contributed by atoms with Gasteiger partial charge < -0.3 is 4.74 Å². The zero-order valence-electron chi connectivity index (χ0n) is 8.02. The molecule has 1 rings (SSSR count). The summed E-state index contributed by atoms with van der Waals surface area (Å²) in [5, 5.41) is -0.0414. The molecule has 0 aliphatic rings. The van der Waals surface area contributed by atoms with Crippen LogP contribution in [0.5, 0.6) is 0 Å². The Bertz CT molecular complexity index is 357. The van der Waals surface area contributed by atoms with Crippen LogP contribution in [0.4, 0.5) is 4.39 Å². The molecule has 0 heterocycles.